The fraction of sp³-hybridized carbons (Fsp3) is 0.588. The lowest BCUT2D eigenvalue weighted by atomic mass is 10.2. The van der Waals surface area contributed by atoms with Gasteiger partial charge in [0.1, 0.15) is 9.84 Å². The van der Waals surface area contributed by atoms with E-state index in [1.165, 1.54) is 17.5 Å². The number of anilines is 1. The van der Waals surface area contributed by atoms with Crippen LogP contribution in [0.3, 0.4) is 0 Å². The number of nitrogens with zero attached hydrogens (tertiary/aromatic N) is 2. The first-order valence-electron chi connectivity index (χ1n) is 8.41. The van der Waals surface area contributed by atoms with Crippen molar-refractivity contribution in [2.24, 2.45) is 4.99 Å². The maximum atomic E-state index is 11.2. The maximum Gasteiger partial charge on any atom is 0.191 e. The first-order valence-corrected chi connectivity index (χ1v) is 10.5. The molecule has 1 atom stereocenters. The predicted molar refractivity (Wildman–Crippen MR) is 116 cm³/mol. The van der Waals surface area contributed by atoms with Crippen molar-refractivity contribution < 1.29 is 8.42 Å². The molecule has 1 heterocycles. The van der Waals surface area contributed by atoms with Gasteiger partial charge in [0.25, 0.3) is 0 Å². The number of sulfone groups is 1. The van der Waals surface area contributed by atoms with Gasteiger partial charge >= 0.3 is 0 Å². The van der Waals surface area contributed by atoms with E-state index in [-0.39, 0.29) is 36.3 Å². The van der Waals surface area contributed by atoms with Crippen LogP contribution in [0.2, 0.25) is 0 Å². The van der Waals surface area contributed by atoms with Crippen LogP contribution in [0.25, 0.3) is 0 Å². The van der Waals surface area contributed by atoms with Crippen LogP contribution >= 0.6 is 24.0 Å². The summed E-state index contributed by atoms with van der Waals surface area (Å²) < 4.78 is 22.4. The van der Waals surface area contributed by atoms with Gasteiger partial charge in [-0.1, -0.05) is 17.7 Å². The third-order valence-electron chi connectivity index (χ3n) is 4.00. The topological polar surface area (TPSA) is 73.8 Å². The Bertz CT molecular complexity index is 662. The molecule has 1 unspecified atom stereocenters. The van der Waals surface area contributed by atoms with Crippen LogP contribution in [0.4, 0.5) is 5.69 Å². The number of hydrogen-bond acceptors (Lipinski definition) is 4. The second-order valence-electron chi connectivity index (χ2n) is 6.30. The van der Waals surface area contributed by atoms with Crippen molar-refractivity contribution in [1.82, 2.24) is 10.6 Å². The van der Waals surface area contributed by atoms with Gasteiger partial charge in [0.05, 0.1) is 12.3 Å². The zero-order valence-corrected chi connectivity index (χ0v) is 18.3. The first-order chi connectivity index (χ1) is 11.4. The highest BCUT2D eigenvalue weighted by Crippen LogP contribution is 2.20. The zero-order chi connectivity index (χ0) is 17.6. The lowest BCUT2D eigenvalue weighted by Crippen LogP contribution is -2.44. The van der Waals surface area contributed by atoms with E-state index in [0.717, 1.165) is 26.1 Å². The lowest BCUT2D eigenvalue weighted by Gasteiger charge is -2.20. The highest BCUT2D eigenvalue weighted by molar-refractivity contribution is 14.0. The molecule has 1 aromatic rings. The van der Waals surface area contributed by atoms with Gasteiger partial charge in [-0.25, -0.2) is 8.42 Å². The molecule has 6 nitrogen and oxygen atoms in total. The maximum absolute atomic E-state index is 11.2. The summed E-state index contributed by atoms with van der Waals surface area (Å²) in [5, 5.41) is 6.60. The van der Waals surface area contributed by atoms with E-state index in [1.807, 2.05) is 6.92 Å². The first kappa shape index (κ1) is 22.0. The molecular weight excluding hydrogens is 451 g/mol. The molecule has 2 rings (SSSR count). The summed E-state index contributed by atoms with van der Waals surface area (Å²) in [5.74, 6) is 0.765. The molecule has 0 radical (unpaired) electrons. The van der Waals surface area contributed by atoms with Gasteiger partial charge in [-0.05, 0) is 32.4 Å². The van der Waals surface area contributed by atoms with Crippen molar-refractivity contribution in [2.45, 2.75) is 26.3 Å². The molecule has 25 heavy (non-hydrogen) atoms. The molecule has 0 bridgehead atoms. The van der Waals surface area contributed by atoms with Crippen LogP contribution in [0.1, 0.15) is 18.9 Å². The number of halogens is 1. The summed E-state index contributed by atoms with van der Waals surface area (Å²) in [6.45, 7) is 7.04. The summed E-state index contributed by atoms with van der Waals surface area (Å²) in [7, 11) is -2.98. The van der Waals surface area contributed by atoms with Crippen molar-refractivity contribution in [3.05, 3.63) is 29.8 Å². The standard InChI is InChI=1S/C17H28N4O2S.HI/c1-4-18-17(19-10-12-24(3,22)23)20-15-9-11-21(13-15)16-7-5-14(2)6-8-16;/h5-8,15H,4,9-13H2,1-3H3,(H2,18,19,20);1H. The average molecular weight is 480 g/mol. The second-order valence-corrected chi connectivity index (χ2v) is 8.56. The number of nitrogens with one attached hydrogen (secondary N) is 2. The van der Waals surface area contributed by atoms with E-state index in [1.54, 1.807) is 0 Å². The molecule has 0 aromatic heterocycles. The summed E-state index contributed by atoms with van der Waals surface area (Å²) in [6, 6.07) is 8.88. The van der Waals surface area contributed by atoms with E-state index >= 15 is 0 Å². The Morgan fingerprint density at radius 1 is 1.32 bits per heavy atom. The lowest BCUT2D eigenvalue weighted by molar-refractivity contribution is 0.601. The SMILES string of the molecule is CCNC(=NCCS(C)(=O)=O)NC1CCN(c2ccc(C)cc2)C1.I. The molecule has 8 heteroatoms. The zero-order valence-electron chi connectivity index (χ0n) is 15.2. The Labute approximate surface area is 168 Å². The number of guanidine groups is 1. The smallest absolute Gasteiger partial charge is 0.191 e. The van der Waals surface area contributed by atoms with Crippen molar-refractivity contribution >= 4 is 45.5 Å². The minimum atomic E-state index is -2.98. The number of hydrogen-bond donors (Lipinski definition) is 2. The molecule has 1 saturated heterocycles. The van der Waals surface area contributed by atoms with Crippen LogP contribution in [-0.4, -0.2) is 58.6 Å². The monoisotopic (exact) mass is 480 g/mol. The second kappa shape index (κ2) is 10.2. The van der Waals surface area contributed by atoms with Crippen LogP contribution in [0.15, 0.2) is 29.3 Å². The third kappa shape index (κ3) is 7.81. The van der Waals surface area contributed by atoms with E-state index in [9.17, 15) is 8.42 Å². The van der Waals surface area contributed by atoms with Crippen LogP contribution in [0.5, 0.6) is 0 Å². The van der Waals surface area contributed by atoms with Gasteiger partial charge in [-0.2, -0.15) is 0 Å². The third-order valence-corrected chi connectivity index (χ3v) is 4.93. The van der Waals surface area contributed by atoms with Gasteiger partial charge in [-0.15, -0.1) is 24.0 Å². The average Bonchev–Trinajstić information content (AvgIpc) is 2.95. The highest BCUT2D eigenvalue weighted by Gasteiger charge is 2.23. The minimum absolute atomic E-state index is 0. The largest absolute Gasteiger partial charge is 0.369 e. The molecule has 2 N–H and O–H groups in total. The van der Waals surface area contributed by atoms with E-state index in [4.69, 9.17) is 0 Å². The van der Waals surface area contributed by atoms with Gasteiger partial charge in [0.2, 0.25) is 0 Å². The predicted octanol–water partition coefficient (Wildman–Crippen LogP) is 1.79. The Kier molecular flexibility index (Phi) is 8.98. The van der Waals surface area contributed by atoms with Crippen LogP contribution in [-0.2, 0) is 9.84 Å². The summed E-state index contributed by atoms with van der Waals surface area (Å²) in [6.07, 6.45) is 2.27. The molecular formula is C17H29IN4O2S. The summed E-state index contributed by atoms with van der Waals surface area (Å²) >= 11 is 0. The minimum Gasteiger partial charge on any atom is -0.369 e. The Morgan fingerprint density at radius 3 is 2.60 bits per heavy atom. The van der Waals surface area contributed by atoms with Crippen molar-refractivity contribution in [3.8, 4) is 0 Å². The summed E-state index contributed by atoms with van der Waals surface area (Å²) in [5.41, 5.74) is 2.50. The van der Waals surface area contributed by atoms with E-state index in [0.29, 0.717) is 12.0 Å². The Balaban J connectivity index is 0.00000312. The molecule has 142 valence electrons. The van der Waals surface area contributed by atoms with Crippen molar-refractivity contribution in [3.63, 3.8) is 0 Å². The number of rotatable bonds is 6. The number of aliphatic imine (C=N–C) groups is 1. The van der Waals surface area contributed by atoms with Crippen LogP contribution < -0.4 is 15.5 Å². The summed E-state index contributed by atoms with van der Waals surface area (Å²) in [4.78, 5) is 6.73. The highest BCUT2D eigenvalue weighted by atomic mass is 127. The molecule has 1 aliphatic heterocycles. The van der Waals surface area contributed by atoms with Gasteiger partial charge in [-0.3, -0.25) is 4.99 Å². The Morgan fingerprint density at radius 2 is 2.00 bits per heavy atom. The molecule has 1 aromatic carbocycles. The molecule has 0 saturated carbocycles. The quantitative estimate of drug-likeness (QED) is 0.369. The fourth-order valence-electron chi connectivity index (χ4n) is 2.70. The molecule has 1 aliphatic rings. The number of benzene rings is 1. The molecule has 1 fully saturated rings. The van der Waals surface area contributed by atoms with Crippen LogP contribution in [0, 0.1) is 6.92 Å². The van der Waals surface area contributed by atoms with E-state index in [2.05, 4.69) is 51.7 Å². The molecule has 0 spiro atoms. The van der Waals surface area contributed by atoms with E-state index < -0.39 is 9.84 Å². The molecule has 0 aliphatic carbocycles. The fourth-order valence-corrected chi connectivity index (χ4v) is 3.13. The van der Waals surface area contributed by atoms with Gasteiger partial charge in [0.15, 0.2) is 5.96 Å². The van der Waals surface area contributed by atoms with Crippen molar-refractivity contribution in [1.29, 1.82) is 0 Å². The van der Waals surface area contributed by atoms with Gasteiger partial charge in [0, 0.05) is 37.6 Å². The number of aryl methyl sites for hydroxylation is 1. The normalized spacial score (nSPS) is 18.0. The Hall–Kier alpha value is -1.03. The van der Waals surface area contributed by atoms with Crippen molar-refractivity contribution in [2.75, 3.05) is 43.1 Å². The molecule has 0 amide bonds. The van der Waals surface area contributed by atoms with Gasteiger partial charge < -0.3 is 15.5 Å².